The van der Waals surface area contributed by atoms with Gasteiger partial charge in [0.2, 0.25) is 6.10 Å². The highest BCUT2D eigenvalue weighted by Gasteiger charge is 2.30. The number of nitrogens with one attached hydrogen (secondary N) is 1. The summed E-state index contributed by atoms with van der Waals surface area (Å²) < 4.78 is 11.3. The van der Waals surface area contributed by atoms with Crippen molar-refractivity contribution in [1.82, 2.24) is 5.32 Å². The van der Waals surface area contributed by atoms with E-state index in [1.54, 1.807) is 18.2 Å². The van der Waals surface area contributed by atoms with Gasteiger partial charge in [-0.05, 0) is 25.0 Å². The summed E-state index contributed by atoms with van der Waals surface area (Å²) in [6.07, 6.45) is 1.24. The number of amides is 1. The Morgan fingerprint density at radius 1 is 1.21 bits per heavy atom. The SMILES string of the molecule is COc1cc(C#N)ccc1OC(C(=O)NC1CC1)c1ccccc1. The van der Waals surface area contributed by atoms with Gasteiger partial charge in [-0.2, -0.15) is 5.26 Å². The van der Waals surface area contributed by atoms with E-state index in [1.807, 2.05) is 30.3 Å². The molecule has 24 heavy (non-hydrogen) atoms. The van der Waals surface area contributed by atoms with E-state index in [0.29, 0.717) is 17.1 Å². The lowest BCUT2D eigenvalue weighted by atomic mass is 10.1. The molecule has 0 saturated heterocycles. The number of methoxy groups -OCH3 is 1. The van der Waals surface area contributed by atoms with Crippen LogP contribution in [0.25, 0.3) is 0 Å². The summed E-state index contributed by atoms with van der Waals surface area (Å²) in [4.78, 5) is 12.6. The van der Waals surface area contributed by atoms with Gasteiger partial charge >= 0.3 is 0 Å². The molecule has 0 aromatic heterocycles. The van der Waals surface area contributed by atoms with Gasteiger partial charge in [0.05, 0.1) is 18.7 Å². The molecule has 1 saturated carbocycles. The lowest BCUT2D eigenvalue weighted by molar-refractivity contribution is -0.128. The van der Waals surface area contributed by atoms with Crippen molar-refractivity contribution < 1.29 is 14.3 Å². The first-order valence-electron chi connectivity index (χ1n) is 7.81. The van der Waals surface area contributed by atoms with Crippen LogP contribution >= 0.6 is 0 Å². The summed E-state index contributed by atoms with van der Waals surface area (Å²) in [6.45, 7) is 0. The van der Waals surface area contributed by atoms with Crippen LogP contribution in [0.2, 0.25) is 0 Å². The molecule has 1 aliphatic rings. The number of nitrogens with zero attached hydrogens (tertiary/aromatic N) is 1. The second-order valence-electron chi connectivity index (χ2n) is 5.67. The van der Waals surface area contributed by atoms with Crippen LogP contribution in [0.5, 0.6) is 11.5 Å². The summed E-state index contributed by atoms with van der Waals surface area (Å²) in [5.74, 6) is 0.681. The maximum absolute atomic E-state index is 12.6. The van der Waals surface area contributed by atoms with Crippen LogP contribution in [0.15, 0.2) is 48.5 Å². The molecule has 0 spiro atoms. The standard InChI is InChI=1S/C19H18N2O3/c1-23-17-11-13(12-20)7-10-16(17)24-18(14-5-3-2-4-6-14)19(22)21-15-8-9-15/h2-7,10-11,15,18H,8-9H2,1H3,(H,21,22). The fourth-order valence-electron chi connectivity index (χ4n) is 2.37. The van der Waals surface area contributed by atoms with Crippen molar-refractivity contribution in [2.45, 2.75) is 25.0 Å². The molecule has 1 atom stereocenters. The molecule has 0 bridgehead atoms. The van der Waals surface area contributed by atoms with Gasteiger partial charge < -0.3 is 14.8 Å². The van der Waals surface area contributed by atoms with Crippen molar-refractivity contribution in [3.8, 4) is 17.6 Å². The summed E-state index contributed by atoms with van der Waals surface area (Å²) in [5.41, 5.74) is 1.24. The molecule has 5 heteroatoms. The highest BCUT2D eigenvalue weighted by molar-refractivity contribution is 5.83. The molecular weight excluding hydrogens is 304 g/mol. The van der Waals surface area contributed by atoms with Gasteiger partial charge in [0, 0.05) is 17.7 Å². The maximum atomic E-state index is 12.6. The van der Waals surface area contributed by atoms with Crippen molar-refractivity contribution in [3.05, 3.63) is 59.7 Å². The Hall–Kier alpha value is -3.00. The van der Waals surface area contributed by atoms with E-state index in [2.05, 4.69) is 11.4 Å². The fraction of sp³-hybridized carbons (Fsp3) is 0.263. The molecule has 1 aliphatic carbocycles. The quantitative estimate of drug-likeness (QED) is 0.887. The lowest BCUT2D eigenvalue weighted by Gasteiger charge is -2.20. The minimum Gasteiger partial charge on any atom is -0.493 e. The third-order valence-corrected chi connectivity index (χ3v) is 3.80. The Bertz CT molecular complexity index is 764. The highest BCUT2D eigenvalue weighted by atomic mass is 16.5. The molecule has 3 rings (SSSR count). The van der Waals surface area contributed by atoms with Gasteiger partial charge in [0.1, 0.15) is 0 Å². The Balaban J connectivity index is 1.89. The van der Waals surface area contributed by atoms with Crippen LogP contribution in [-0.4, -0.2) is 19.1 Å². The summed E-state index contributed by atoms with van der Waals surface area (Å²) >= 11 is 0. The molecule has 0 heterocycles. The van der Waals surface area contributed by atoms with E-state index in [9.17, 15) is 4.79 Å². The van der Waals surface area contributed by atoms with Crippen molar-refractivity contribution in [2.24, 2.45) is 0 Å². The highest BCUT2D eigenvalue weighted by Crippen LogP contribution is 2.32. The number of ether oxygens (including phenoxy) is 2. The largest absolute Gasteiger partial charge is 0.493 e. The smallest absolute Gasteiger partial charge is 0.266 e. The molecule has 1 unspecified atom stereocenters. The van der Waals surface area contributed by atoms with E-state index in [0.717, 1.165) is 18.4 Å². The fourth-order valence-corrected chi connectivity index (χ4v) is 2.37. The number of benzene rings is 2. The minimum absolute atomic E-state index is 0.171. The van der Waals surface area contributed by atoms with E-state index in [-0.39, 0.29) is 11.9 Å². The molecule has 2 aromatic rings. The number of rotatable bonds is 6. The number of hydrogen-bond acceptors (Lipinski definition) is 4. The van der Waals surface area contributed by atoms with E-state index in [1.165, 1.54) is 7.11 Å². The molecule has 2 aromatic carbocycles. The summed E-state index contributed by atoms with van der Waals surface area (Å²) in [7, 11) is 1.51. The van der Waals surface area contributed by atoms with Crippen LogP contribution in [0.3, 0.4) is 0 Å². The van der Waals surface area contributed by atoms with E-state index in [4.69, 9.17) is 14.7 Å². The Morgan fingerprint density at radius 2 is 1.96 bits per heavy atom. The predicted octanol–water partition coefficient (Wildman–Crippen LogP) is 2.97. The van der Waals surface area contributed by atoms with Gasteiger partial charge in [-0.15, -0.1) is 0 Å². The van der Waals surface area contributed by atoms with Gasteiger partial charge in [-0.3, -0.25) is 4.79 Å². The Morgan fingerprint density at radius 3 is 2.58 bits per heavy atom. The van der Waals surface area contributed by atoms with Crippen molar-refractivity contribution >= 4 is 5.91 Å². The molecule has 5 nitrogen and oxygen atoms in total. The van der Waals surface area contributed by atoms with Crippen LogP contribution in [0.4, 0.5) is 0 Å². The second kappa shape index (κ2) is 7.05. The van der Waals surface area contributed by atoms with Crippen LogP contribution < -0.4 is 14.8 Å². The third-order valence-electron chi connectivity index (χ3n) is 3.80. The Labute approximate surface area is 140 Å². The average Bonchev–Trinajstić information content (AvgIpc) is 3.44. The zero-order chi connectivity index (χ0) is 16.9. The van der Waals surface area contributed by atoms with Crippen molar-refractivity contribution in [3.63, 3.8) is 0 Å². The number of carbonyl (C=O) groups excluding carboxylic acids is 1. The molecule has 0 aliphatic heterocycles. The van der Waals surface area contributed by atoms with Crippen molar-refractivity contribution in [1.29, 1.82) is 5.26 Å². The average molecular weight is 322 g/mol. The zero-order valence-electron chi connectivity index (χ0n) is 13.4. The van der Waals surface area contributed by atoms with Gasteiger partial charge in [0.15, 0.2) is 11.5 Å². The van der Waals surface area contributed by atoms with Gasteiger partial charge in [-0.25, -0.2) is 0 Å². The van der Waals surface area contributed by atoms with Crippen LogP contribution in [0.1, 0.15) is 30.1 Å². The van der Waals surface area contributed by atoms with Crippen LogP contribution in [-0.2, 0) is 4.79 Å². The molecule has 122 valence electrons. The monoisotopic (exact) mass is 322 g/mol. The lowest BCUT2D eigenvalue weighted by Crippen LogP contribution is -2.33. The van der Waals surface area contributed by atoms with Crippen molar-refractivity contribution in [2.75, 3.05) is 7.11 Å². The zero-order valence-corrected chi connectivity index (χ0v) is 13.4. The first kappa shape index (κ1) is 15.9. The maximum Gasteiger partial charge on any atom is 0.266 e. The van der Waals surface area contributed by atoms with Gasteiger partial charge in [-0.1, -0.05) is 30.3 Å². The van der Waals surface area contributed by atoms with E-state index >= 15 is 0 Å². The van der Waals surface area contributed by atoms with Crippen LogP contribution in [0, 0.1) is 11.3 Å². The van der Waals surface area contributed by atoms with E-state index < -0.39 is 6.10 Å². The number of carbonyl (C=O) groups is 1. The number of hydrogen-bond donors (Lipinski definition) is 1. The minimum atomic E-state index is -0.770. The van der Waals surface area contributed by atoms with Gasteiger partial charge in [0.25, 0.3) is 5.91 Å². The molecule has 1 N–H and O–H groups in total. The second-order valence-corrected chi connectivity index (χ2v) is 5.67. The first-order chi connectivity index (χ1) is 11.7. The molecule has 1 fully saturated rings. The normalized spacial score (nSPS) is 14.3. The molecule has 1 amide bonds. The summed E-state index contributed by atoms with van der Waals surface area (Å²) in [6, 6.07) is 16.5. The topological polar surface area (TPSA) is 71.3 Å². The third kappa shape index (κ3) is 3.66. The number of nitriles is 1. The first-order valence-corrected chi connectivity index (χ1v) is 7.81. The molecular formula is C19H18N2O3. The predicted molar refractivity (Wildman–Crippen MR) is 88.7 cm³/mol. The summed E-state index contributed by atoms with van der Waals surface area (Å²) in [5, 5.41) is 12.0. The molecule has 0 radical (unpaired) electrons. The Kier molecular flexibility index (Phi) is 4.66.